The van der Waals surface area contributed by atoms with Crippen molar-refractivity contribution in [3.8, 4) is 0 Å². The number of hydrogen-bond donors (Lipinski definition) is 1. The Morgan fingerprint density at radius 1 is 1.04 bits per heavy atom. The highest BCUT2D eigenvalue weighted by Crippen LogP contribution is 2.33. The van der Waals surface area contributed by atoms with E-state index in [0.29, 0.717) is 0 Å². The fourth-order valence-electron chi connectivity index (χ4n) is 3.43. The molecule has 0 spiro atoms. The van der Waals surface area contributed by atoms with Gasteiger partial charge in [-0.15, -0.1) is 0 Å². The SMILES string of the molecule is Cc1ccc(C2c3cccn3CCN2C(=S)Nc2ccc(Cl)cc2)cc1. The molecule has 0 amide bonds. The smallest absolute Gasteiger partial charge is 0.174 e. The second-order valence-corrected chi connectivity index (χ2v) is 7.39. The van der Waals surface area contributed by atoms with E-state index in [9.17, 15) is 0 Å². The van der Waals surface area contributed by atoms with E-state index in [4.69, 9.17) is 23.8 Å². The lowest BCUT2D eigenvalue weighted by Gasteiger charge is -2.39. The molecule has 132 valence electrons. The number of aromatic nitrogens is 1. The molecule has 0 bridgehead atoms. The number of thiocarbonyl (C=S) groups is 1. The van der Waals surface area contributed by atoms with Gasteiger partial charge in [0.2, 0.25) is 0 Å². The first-order valence-corrected chi connectivity index (χ1v) is 9.45. The van der Waals surface area contributed by atoms with Crippen LogP contribution in [0.3, 0.4) is 0 Å². The van der Waals surface area contributed by atoms with Crippen LogP contribution in [-0.4, -0.2) is 21.1 Å². The van der Waals surface area contributed by atoms with Crippen molar-refractivity contribution in [1.82, 2.24) is 9.47 Å². The average molecular weight is 382 g/mol. The number of nitrogens with zero attached hydrogens (tertiary/aromatic N) is 2. The molecule has 1 aliphatic heterocycles. The topological polar surface area (TPSA) is 20.2 Å². The molecule has 2 heterocycles. The zero-order valence-corrected chi connectivity index (χ0v) is 16.1. The highest BCUT2D eigenvalue weighted by molar-refractivity contribution is 7.80. The van der Waals surface area contributed by atoms with Crippen LogP contribution in [0.1, 0.15) is 22.9 Å². The number of aryl methyl sites for hydroxylation is 1. The summed E-state index contributed by atoms with van der Waals surface area (Å²) in [6.45, 7) is 3.89. The molecule has 0 aliphatic carbocycles. The predicted octanol–water partition coefficient (Wildman–Crippen LogP) is 5.25. The minimum absolute atomic E-state index is 0.103. The third-order valence-corrected chi connectivity index (χ3v) is 5.38. The van der Waals surface area contributed by atoms with Gasteiger partial charge in [-0.2, -0.15) is 0 Å². The first kappa shape index (κ1) is 17.1. The van der Waals surface area contributed by atoms with Crippen LogP contribution in [0.4, 0.5) is 5.69 Å². The Labute approximate surface area is 164 Å². The molecule has 0 fully saturated rings. The number of halogens is 1. The summed E-state index contributed by atoms with van der Waals surface area (Å²) >= 11 is 11.8. The van der Waals surface area contributed by atoms with Crippen molar-refractivity contribution in [3.63, 3.8) is 0 Å². The maximum atomic E-state index is 5.98. The average Bonchev–Trinajstić information content (AvgIpc) is 3.12. The molecule has 1 aromatic heterocycles. The van der Waals surface area contributed by atoms with Crippen LogP contribution in [0, 0.1) is 6.92 Å². The molecule has 4 rings (SSSR count). The zero-order valence-electron chi connectivity index (χ0n) is 14.5. The van der Waals surface area contributed by atoms with Crippen LogP contribution in [0.15, 0.2) is 66.9 Å². The fraction of sp³-hybridized carbons (Fsp3) is 0.190. The van der Waals surface area contributed by atoms with Gasteiger partial charge in [0.05, 0.1) is 6.04 Å². The monoisotopic (exact) mass is 381 g/mol. The largest absolute Gasteiger partial charge is 0.348 e. The molecule has 1 aliphatic rings. The van der Waals surface area contributed by atoms with Crippen LogP contribution in [0.5, 0.6) is 0 Å². The molecule has 3 nitrogen and oxygen atoms in total. The highest BCUT2D eigenvalue weighted by atomic mass is 35.5. The predicted molar refractivity (Wildman–Crippen MR) is 112 cm³/mol. The summed E-state index contributed by atoms with van der Waals surface area (Å²) in [5.41, 5.74) is 4.72. The van der Waals surface area contributed by atoms with Gasteiger partial charge >= 0.3 is 0 Å². The summed E-state index contributed by atoms with van der Waals surface area (Å²) in [6.07, 6.45) is 2.14. The standard InChI is InChI=1S/C21H20ClN3S/c1-15-4-6-16(7-5-15)20-19-3-2-12-24(19)13-14-25(20)21(26)23-18-10-8-17(22)9-11-18/h2-12,20H,13-14H2,1H3,(H,23,26). The molecule has 5 heteroatoms. The molecule has 0 saturated heterocycles. The van der Waals surface area contributed by atoms with E-state index in [-0.39, 0.29) is 6.04 Å². The normalized spacial score (nSPS) is 16.2. The van der Waals surface area contributed by atoms with Gasteiger partial charge in [0.15, 0.2) is 5.11 Å². The minimum atomic E-state index is 0.103. The first-order valence-electron chi connectivity index (χ1n) is 8.66. The summed E-state index contributed by atoms with van der Waals surface area (Å²) in [4.78, 5) is 2.27. The highest BCUT2D eigenvalue weighted by Gasteiger charge is 2.30. The van der Waals surface area contributed by atoms with Crippen molar-refractivity contribution in [2.24, 2.45) is 0 Å². The van der Waals surface area contributed by atoms with Crippen LogP contribution >= 0.6 is 23.8 Å². The van der Waals surface area contributed by atoms with Gasteiger partial charge in [-0.3, -0.25) is 0 Å². The number of benzene rings is 2. The summed E-state index contributed by atoms with van der Waals surface area (Å²) in [6, 6.07) is 20.7. The molecular formula is C21H20ClN3S. The quantitative estimate of drug-likeness (QED) is 0.612. The molecule has 1 N–H and O–H groups in total. The van der Waals surface area contributed by atoms with Gasteiger partial charge in [0, 0.05) is 35.7 Å². The van der Waals surface area contributed by atoms with Crippen molar-refractivity contribution in [2.75, 3.05) is 11.9 Å². The van der Waals surface area contributed by atoms with E-state index >= 15 is 0 Å². The lowest BCUT2D eigenvalue weighted by Crippen LogP contribution is -2.44. The van der Waals surface area contributed by atoms with Gasteiger partial charge in [-0.25, -0.2) is 0 Å². The number of nitrogens with one attached hydrogen (secondary N) is 1. The van der Waals surface area contributed by atoms with Crippen molar-refractivity contribution in [1.29, 1.82) is 0 Å². The van der Waals surface area contributed by atoms with Gasteiger partial charge in [-0.1, -0.05) is 41.4 Å². The van der Waals surface area contributed by atoms with Crippen molar-refractivity contribution in [3.05, 3.63) is 88.7 Å². The lowest BCUT2D eigenvalue weighted by molar-refractivity contribution is 0.293. The lowest BCUT2D eigenvalue weighted by atomic mass is 9.99. The molecule has 0 saturated carbocycles. The van der Waals surface area contributed by atoms with E-state index in [1.54, 1.807) is 0 Å². The Morgan fingerprint density at radius 2 is 1.77 bits per heavy atom. The van der Waals surface area contributed by atoms with E-state index < -0.39 is 0 Å². The second kappa shape index (κ2) is 7.14. The number of hydrogen-bond acceptors (Lipinski definition) is 1. The molecular weight excluding hydrogens is 362 g/mol. The van der Waals surface area contributed by atoms with Gasteiger partial charge in [0.25, 0.3) is 0 Å². The molecule has 26 heavy (non-hydrogen) atoms. The van der Waals surface area contributed by atoms with Crippen LogP contribution in [0.2, 0.25) is 5.02 Å². The third kappa shape index (κ3) is 3.35. The number of fused-ring (bicyclic) bond motifs is 1. The minimum Gasteiger partial charge on any atom is -0.348 e. The first-order chi connectivity index (χ1) is 12.6. The Hall–Kier alpha value is -2.30. The van der Waals surface area contributed by atoms with E-state index in [0.717, 1.165) is 28.9 Å². The number of anilines is 1. The second-order valence-electron chi connectivity index (χ2n) is 6.57. The molecule has 1 atom stereocenters. The Balaban J connectivity index is 1.66. The zero-order chi connectivity index (χ0) is 18.1. The molecule has 1 unspecified atom stereocenters. The fourth-order valence-corrected chi connectivity index (χ4v) is 3.87. The van der Waals surface area contributed by atoms with Gasteiger partial charge < -0.3 is 14.8 Å². The summed E-state index contributed by atoms with van der Waals surface area (Å²) in [5, 5.41) is 4.81. The Morgan fingerprint density at radius 3 is 2.50 bits per heavy atom. The van der Waals surface area contributed by atoms with E-state index in [1.165, 1.54) is 16.8 Å². The van der Waals surface area contributed by atoms with Crippen molar-refractivity contribution >= 4 is 34.6 Å². The maximum absolute atomic E-state index is 5.98. The summed E-state index contributed by atoms with van der Waals surface area (Å²) in [7, 11) is 0. The van der Waals surface area contributed by atoms with E-state index in [2.05, 4.69) is 64.3 Å². The van der Waals surface area contributed by atoms with Crippen molar-refractivity contribution in [2.45, 2.75) is 19.5 Å². The van der Waals surface area contributed by atoms with Crippen LogP contribution in [-0.2, 0) is 6.54 Å². The van der Waals surface area contributed by atoms with E-state index in [1.807, 2.05) is 24.3 Å². The van der Waals surface area contributed by atoms with Gasteiger partial charge in [0.1, 0.15) is 0 Å². The molecule has 0 radical (unpaired) electrons. The van der Waals surface area contributed by atoms with Gasteiger partial charge in [-0.05, 0) is 61.1 Å². The summed E-state index contributed by atoms with van der Waals surface area (Å²) in [5.74, 6) is 0. The number of rotatable bonds is 2. The molecule has 3 aromatic rings. The Bertz CT molecular complexity index is 915. The Kier molecular flexibility index (Phi) is 4.70. The van der Waals surface area contributed by atoms with Crippen molar-refractivity contribution < 1.29 is 0 Å². The maximum Gasteiger partial charge on any atom is 0.174 e. The third-order valence-electron chi connectivity index (χ3n) is 4.79. The molecule has 2 aromatic carbocycles. The summed E-state index contributed by atoms with van der Waals surface area (Å²) < 4.78 is 2.31. The van der Waals surface area contributed by atoms with Crippen LogP contribution in [0.25, 0.3) is 0 Å². The van der Waals surface area contributed by atoms with Crippen LogP contribution < -0.4 is 5.32 Å².